The quantitative estimate of drug-likeness (QED) is 0.323. The van der Waals surface area contributed by atoms with Gasteiger partial charge in [0.05, 0.1) is 15.9 Å². The molecule has 0 saturated carbocycles. The number of aromatic nitrogens is 4. The molecule has 0 fully saturated rings. The Morgan fingerprint density at radius 2 is 2.25 bits per heavy atom. The zero-order chi connectivity index (χ0) is 15.0. The minimum absolute atomic E-state index is 0.121. The maximum Gasteiger partial charge on any atom is 0.514 e. The molecule has 0 atom stereocenters. The number of nitrogens with one attached hydrogen (secondary N) is 1. The third-order valence-corrected chi connectivity index (χ3v) is 2.35. The van der Waals surface area contributed by atoms with Crippen molar-refractivity contribution in [1.82, 2.24) is 25.6 Å². The molecule has 0 aliphatic heterocycles. The highest BCUT2D eigenvalue weighted by Gasteiger charge is 2.15. The number of unbranched alkanes of at least 4 members (excludes halogenated alkanes) is 2. The first-order valence-electron chi connectivity index (χ1n) is 6.27. The summed E-state index contributed by atoms with van der Waals surface area (Å²) in [6.45, 7) is 3.84. The zero-order valence-electron chi connectivity index (χ0n) is 11.4. The number of hydrazone groups is 1. The lowest BCUT2D eigenvalue weighted by molar-refractivity contribution is -0.394. The summed E-state index contributed by atoms with van der Waals surface area (Å²) in [4.78, 5) is 22.1. The molecule has 10 heteroatoms. The van der Waals surface area contributed by atoms with E-state index < -0.39 is 10.9 Å². The second-order valence-corrected chi connectivity index (χ2v) is 4.22. The predicted molar refractivity (Wildman–Crippen MR) is 69.9 cm³/mol. The van der Waals surface area contributed by atoms with E-state index in [-0.39, 0.29) is 12.5 Å². The summed E-state index contributed by atoms with van der Waals surface area (Å²) in [5.74, 6) is -0.725. The van der Waals surface area contributed by atoms with E-state index in [9.17, 15) is 14.9 Å². The maximum atomic E-state index is 11.4. The SMILES string of the molecule is CCCCCC(=O)NN=C(C)Cn1nnc([N+](=O)[O-])n1. The Morgan fingerprint density at radius 3 is 2.85 bits per heavy atom. The molecular formula is C10H17N7O3. The van der Waals surface area contributed by atoms with Crippen molar-refractivity contribution >= 4 is 17.6 Å². The predicted octanol–water partition coefficient (Wildman–Crippen LogP) is 0.654. The summed E-state index contributed by atoms with van der Waals surface area (Å²) in [5.41, 5.74) is 2.93. The van der Waals surface area contributed by atoms with Gasteiger partial charge in [-0.3, -0.25) is 4.79 Å². The van der Waals surface area contributed by atoms with Crippen LogP contribution in [0.3, 0.4) is 0 Å². The summed E-state index contributed by atoms with van der Waals surface area (Å²) in [6, 6.07) is 0. The van der Waals surface area contributed by atoms with Crippen LogP contribution in [0.25, 0.3) is 0 Å². The minimum atomic E-state index is -0.731. The Kier molecular flexibility index (Phi) is 6.20. The van der Waals surface area contributed by atoms with E-state index in [1.165, 1.54) is 0 Å². The topological polar surface area (TPSA) is 128 Å². The van der Waals surface area contributed by atoms with E-state index in [1.807, 2.05) is 0 Å². The van der Waals surface area contributed by atoms with Gasteiger partial charge < -0.3 is 10.1 Å². The van der Waals surface area contributed by atoms with Crippen molar-refractivity contribution in [3.05, 3.63) is 10.1 Å². The van der Waals surface area contributed by atoms with Gasteiger partial charge in [-0.25, -0.2) is 5.43 Å². The van der Waals surface area contributed by atoms with Crippen LogP contribution in [0.2, 0.25) is 0 Å². The first-order valence-corrected chi connectivity index (χ1v) is 6.27. The van der Waals surface area contributed by atoms with Crippen molar-refractivity contribution < 1.29 is 9.72 Å². The first kappa shape index (κ1) is 15.7. The molecule has 0 aromatic carbocycles. The fourth-order valence-electron chi connectivity index (χ4n) is 1.36. The Labute approximate surface area is 115 Å². The van der Waals surface area contributed by atoms with Crippen LogP contribution in [0.5, 0.6) is 0 Å². The van der Waals surface area contributed by atoms with Crippen LogP contribution in [-0.2, 0) is 11.3 Å². The van der Waals surface area contributed by atoms with Gasteiger partial charge in [-0.05, 0) is 18.3 Å². The van der Waals surface area contributed by atoms with Crippen molar-refractivity contribution in [2.45, 2.75) is 46.1 Å². The minimum Gasteiger partial charge on any atom is -0.390 e. The van der Waals surface area contributed by atoms with Crippen molar-refractivity contribution in [2.75, 3.05) is 0 Å². The lowest BCUT2D eigenvalue weighted by Crippen LogP contribution is -2.20. The highest BCUT2D eigenvalue weighted by Crippen LogP contribution is 1.99. The van der Waals surface area contributed by atoms with Crippen molar-refractivity contribution in [1.29, 1.82) is 0 Å². The fourth-order valence-corrected chi connectivity index (χ4v) is 1.36. The van der Waals surface area contributed by atoms with Gasteiger partial charge in [0.1, 0.15) is 6.54 Å². The number of hydrogen-bond acceptors (Lipinski definition) is 7. The van der Waals surface area contributed by atoms with E-state index in [1.54, 1.807) is 6.92 Å². The number of rotatable bonds is 8. The molecule has 0 unspecified atom stereocenters. The summed E-state index contributed by atoms with van der Waals surface area (Å²) < 4.78 is 0. The van der Waals surface area contributed by atoms with Crippen molar-refractivity contribution in [2.24, 2.45) is 5.10 Å². The molecule has 1 rings (SSSR count). The number of tetrazole rings is 1. The lowest BCUT2D eigenvalue weighted by Gasteiger charge is -2.00. The summed E-state index contributed by atoms with van der Waals surface area (Å²) >= 11 is 0. The van der Waals surface area contributed by atoms with Crippen LogP contribution < -0.4 is 5.43 Å². The first-order chi connectivity index (χ1) is 9.52. The standard InChI is InChI=1S/C10H17N7O3/c1-3-4-5-6-9(18)12-11-8(2)7-16-14-10(13-15-16)17(19)20/h3-7H2,1-2H3,(H,12,18). The van der Waals surface area contributed by atoms with E-state index in [0.29, 0.717) is 12.1 Å². The number of nitro groups is 1. The number of hydrogen-bond donors (Lipinski definition) is 1. The second kappa shape index (κ2) is 7.92. The number of carbonyl (C=O) groups is 1. The number of carbonyl (C=O) groups excluding carboxylic acids is 1. The molecule has 0 aliphatic rings. The molecule has 0 radical (unpaired) electrons. The van der Waals surface area contributed by atoms with Gasteiger partial charge in [-0.15, -0.1) is 0 Å². The Morgan fingerprint density at radius 1 is 1.50 bits per heavy atom. The van der Waals surface area contributed by atoms with E-state index in [2.05, 4.69) is 32.9 Å². The molecule has 20 heavy (non-hydrogen) atoms. The number of nitrogens with zero attached hydrogens (tertiary/aromatic N) is 6. The molecule has 0 bridgehead atoms. The lowest BCUT2D eigenvalue weighted by atomic mass is 10.2. The van der Waals surface area contributed by atoms with Gasteiger partial charge in [0.15, 0.2) is 0 Å². The zero-order valence-corrected chi connectivity index (χ0v) is 11.4. The molecule has 1 N–H and O–H groups in total. The highest BCUT2D eigenvalue weighted by molar-refractivity contribution is 5.84. The van der Waals surface area contributed by atoms with Crippen LogP contribution in [0.4, 0.5) is 5.95 Å². The third kappa shape index (κ3) is 5.50. The molecule has 10 nitrogen and oxygen atoms in total. The van der Waals surface area contributed by atoms with Crippen LogP contribution in [0, 0.1) is 10.1 Å². The molecule has 0 saturated heterocycles. The molecule has 1 amide bonds. The van der Waals surface area contributed by atoms with E-state index >= 15 is 0 Å². The normalized spacial score (nSPS) is 11.4. The monoisotopic (exact) mass is 283 g/mol. The van der Waals surface area contributed by atoms with Crippen molar-refractivity contribution in [3.8, 4) is 0 Å². The van der Waals surface area contributed by atoms with Crippen LogP contribution in [0.1, 0.15) is 39.5 Å². The second-order valence-electron chi connectivity index (χ2n) is 4.22. The largest absolute Gasteiger partial charge is 0.514 e. The van der Waals surface area contributed by atoms with Gasteiger partial charge in [0.2, 0.25) is 5.91 Å². The summed E-state index contributed by atoms with van der Waals surface area (Å²) in [6.07, 6.45) is 3.31. The average Bonchev–Trinajstić information content (AvgIpc) is 2.85. The molecule has 1 aromatic rings. The Bertz CT molecular complexity index is 497. The van der Waals surface area contributed by atoms with Crippen LogP contribution in [0.15, 0.2) is 5.10 Å². The average molecular weight is 283 g/mol. The number of amides is 1. The molecule has 110 valence electrons. The van der Waals surface area contributed by atoms with Crippen molar-refractivity contribution in [3.63, 3.8) is 0 Å². The van der Waals surface area contributed by atoms with Crippen LogP contribution in [-0.4, -0.2) is 36.7 Å². The molecule has 1 heterocycles. The maximum absolute atomic E-state index is 11.4. The molecular weight excluding hydrogens is 266 g/mol. The Hall–Kier alpha value is -2.39. The molecule has 0 spiro atoms. The summed E-state index contributed by atoms with van der Waals surface area (Å²) in [5, 5.41) is 24.6. The fraction of sp³-hybridized carbons (Fsp3) is 0.700. The molecule has 1 aromatic heterocycles. The van der Waals surface area contributed by atoms with E-state index in [4.69, 9.17) is 0 Å². The van der Waals surface area contributed by atoms with Gasteiger partial charge in [-0.2, -0.15) is 5.10 Å². The van der Waals surface area contributed by atoms with Gasteiger partial charge in [0, 0.05) is 11.6 Å². The van der Waals surface area contributed by atoms with Gasteiger partial charge in [-0.1, -0.05) is 24.6 Å². The van der Waals surface area contributed by atoms with Crippen LogP contribution >= 0.6 is 0 Å². The van der Waals surface area contributed by atoms with E-state index in [0.717, 1.165) is 24.1 Å². The smallest absolute Gasteiger partial charge is 0.390 e. The van der Waals surface area contributed by atoms with Gasteiger partial charge >= 0.3 is 5.95 Å². The molecule has 0 aliphatic carbocycles. The Balaban J connectivity index is 2.40. The third-order valence-electron chi connectivity index (χ3n) is 2.35. The highest BCUT2D eigenvalue weighted by atomic mass is 16.6. The summed E-state index contributed by atoms with van der Waals surface area (Å²) in [7, 11) is 0. The van der Waals surface area contributed by atoms with Gasteiger partial charge in [0.25, 0.3) is 0 Å².